The van der Waals surface area contributed by atoms with Crippen molar-refractivity contribution in [3.8, 4) is 6.07 Å². The SMILES string of the molecule is CCn1c2ccccc2c2cc(/C=C(/C#N)c3cccnc3)ccc21. The van der Waals surface area contributed by atoms with Crippen molar-refractivity contribution in [1.82, 2.24) is 9.55 Å². The molecule has 2 aromatic carbocycles. The molecule has 0 unspecified atom stereocenters. The van der Waals surface area contributed by atoms with Crippen LogP contribution in [0.3, 0.4) is 0 Å². The second-order valence-electron chi connectivity index (χ2n) is 5.95. The zero-order chi connectivity index (χ0) is 17.2. The van der Waals surface area contributed by atoms with E-state index in [9.17, 15) is 5.26 Å². The molecule has 2 aromatic heterocycles. The fourth-order valence-electron chi connectivity index (χ4n) is 3.37. The fourth-order valence-corrected chi connectivity index (χ4v) is 3.37. The molecule has 0 spiro atoms. The van der Waals surface area contributed by atoms with E-state index in [0.717, 1.165) is 17.7 Å². The van der Waals surface area contributed by atoms with E-state index in [0.29, 0.717) is 5.57 Å². The minimum atomic E-state index is 0.617. The Morgan fingerprint density at radius 1 is 1.08 bits per heavy atom. The molecule has 25 heavy (non-hydrogen) atoms. The highest BCUT2D eigenvalue weighted by Crippen LogP contribution is 2.30. The number of hydrogen-bond acceptors (Lipinski definition) is 2. The topological polar surface area (TPSA) is 41.6 Å². The van der Waals surface area contributed by atoms with Crippen LogP contribution in [0.1, 0.15) is 18.1 Å². The van der Waals surface area contributed by atoms with Crippen LogP contribution in [0, 0.1) is 11.3 Å². The number of aromatic nitrogens is 2. The van der Waals surface area contributed by atoms with Gasteiger partial charge in [-0.1, -0.05) is 30.3 Å². The number of allylic oxidation sites excluding steroid dienone is 1. The normalized spacial score (nSPS) is 11.8. The summed E-state index contributed by atoms with van der Waals surface area (Å²) in [5.41, 5.74) is 4.94. The van der Waals surface area contributed by atoms with Gasteiger partial charge in [-0.05, 0) is 42.8 Å². The number of nitrogens with zero attached hydrogens (tertiary/aromatic N) is 3. The lowest BCUT2D eigenvalue weighted by Crippen LogP contribution is -1.92. The largest absolute Gasteiger partial charge is 0.341 e. The van der Waals surface area contributed by atoms with Crippen LogP contribution in [0.15, 0.2) is 67.0 Å². The summed E-state index contributed by atoms with van der Waals surface area (Å²) < 4.78 is 2.32. The van der Waals surface area contributed by atoms with Gasteiger partial charge in [-0.15, -0.1) is 0 Å². The van der Waals surface area contributed by atoms with Crippen molar-refractivity contribution in [3.05, 3.63) is 78.1 Å². The highest BCUT2D eigenvalue weighted by Gasteiger charge is 2.09. The molecule has 120 valence electrons. The first kappa shape index (κ1) is 15.2. The van der Waals surface area contributed by atoms with Crippen molar-refractivity contribution in [2.45, 2.75) is 13.5 Å². The van der Waals surface area contributed by atoms with E-state index in [1.165, 1.54) is 21.8 Å². The molecule has 3 nitrogen and oxygen atoms in total. The smallest absolute Gasteiger partial charge is 0.0998 e. The van der Waals surface area contributed by atoms with E-state index < -0.39 is 0 Å². The molecular weight excluding hydrogens is 306 g/mol. The third-order valence-electron chi connectivity index (χ3n) is 4.52. The van der Waals surface area contributed by atoms with Gasteiger partial charge >= 0.3 is 0 Å². The number of para-hydroxylation sites is 1. The van der Waals surface area contributed by atoms with Gasteiger partial charge in [-0.2, -0.15) is 5.26 Å². The lowest BCUT2D eigenvalue weighted by Gasteiger charge is -2.03. The minimum Gasteiger partial charge on any atom is -0.341 e. The van der Waals surface area contributed by atoms with Gasteiger partial charge in [-0.25, -0.2) is 0 Å². The number of rotatable bonds is 3. The van der Waals surface area contributed by atoms with Crippen molar-refractivity contribution >= 4 is 33.5 Å². The van der Waals surface area contributed by atoms with E-state index in [2.05, 4.69) is 65.0 Å². The van der Waals surface area contributed by atoms with E-state index in [4.69, 9.17) is 0 Å². The summed E-state index contributed by atoms with van der Waals surface area (Å²) in [6, 6.07) is 20.9. The van der Waals surface area contributed by atoms with Gasteiger partial charge in [0, 0.05) is 46.3 Å². The molecule has 4 rings (SSSR count). The first-order valence-electron chi connectivity index (χ1n) is 8.35. The Balaban J connectivity index is 1.91. The number of aryl methyl sites for hydroxylation is 1. The maximum absolute atomic E-state index is 9.52. The first-order valence-corrected chi connectivity index (χ1v) is 8.35. The van der Waals surface area contributed by atoms with Crippen LogP contribution in [0.5, 0.6) is 0 Å². The zero-order valence-corrected chi connectivity index (χ0v) is 14.0. The van der Waals surface area contributed by atoms with Gasteiger partial charge in [-0.3, -0.25) is 4.98 Å². The lowest BCUT2D eigenvalue weighted by molar-refractivity contribution is 0.827. The number of pyridine rings is 1. The van der Waals surface area contributed by atoms with Crippen molar-refractivity contribution in [2.75, 3.05) is 0 Å². The first-order chi connectivity index (χ1) is 12.3. The zero-order valence-electron chi connectivity index (χ0n) is 14.0. The van der Waals surface area contributed by atoms with Crippen LogP contribution in [0.4, 0.5) is 0 Å². The van der Waals surface area contributed by atoms with E-state index in [-0.39, 0.29) is 0 Å². The highest BCUT2D eigenvalue weighted by atomic mass is 15.0. The molecule has 0 aliphatic carbocycles. The monoisotopic (exact) mass is 323 g/mol. The Morgan fingerprint density at radius 2 is 1.92 bits per heavy atom. The van der Waals surface area contributed by atoms with E-state index >= 15 is 0 Å². The average molecular weight is 323 g/mol. The second-order valence-corrected chi connectivity index (χ2v) is 5.95. The molecule has 2 heterocycles. The van der Waals surface area contributed by atoms with Crippen LogP contribution >= 0.6 is 0 Å². The number of fused-ring (bicyclic) bond motifs is 3. The summed E-state index contributed by atoms with van der Waals surface area (Å²) in [7, 11) is 0. The summed E-state index contributed by atoms with van der Waals surface area (Å²) in [5, 5.41) is 12.0. The van der Waals surface area contributed by atoms with Gasteiger partial charge in [0.25, 0.3) is 0 Å². The maximum Gasteiger partial charge on any atom is 0.0998 e. The fraction of sp³-hybridized carbons (Fsp3) is 0.0909. The quantitative estimate of drug-likeness (QED) is 0.482. The summed E-state index contributed by atoms with van der Waals surface area (Å²) in [4.78, 5) is 4.11. The molecule has 0 radical (unpaired) electrons. The predicted octanol–water partition coefficient (Wildman–Crippen LogP) is 5.27. The molecule has 0 aliphatic rings. The molecule has 0 N–H and O–H groups in total. The Labute approximate surface area is 146 Å². The van der Waals surface area contributed by atoms with E-state index in [1.807, 2.05) is 18.2 Å². The highest BCUT2D eigenvalue weighted by molar-refractivity contribution is 6.09. The molecule has 0 aliphatic heterocycles. The third kappa shape index (κ3) is 2.58. The maximum atomic E-state index is 9.52. The molecule has 0 atom stereocenters. The Kier molecular flexibility index (Phi) is 3.80. The standard InChI is InChI=1S/C22H17N3/c1-2-25-21-8-4-3-7-19(21)20-13-16(9-10-22(20)25)12-18(14-23)17-6-5-11-24-15-17/h3-13,15H,2H2,1H3/b18-12-. The van der Waals surface area contributed by atoms with Crippen molar-refractivity contribution in [2.24, 2.45) is 0 Å². The van der Waals surface area contributed by atoms with Crippen molar-refractivity contribution in [3.63, 3.8) is 0 Å². The molecule has 0 bridgehead atoms. The molecule has 0 amide bonds. The molecule has 0 fully saturated rings. The minimum absolute atomic E-state index is 0.617. The predicted molar refractivity (Wildman–Crippen MR) is 103 cm³/mol. The van der Waals surface area contributed by atoms with Crippen molar-refractivity contribution in [1.29, 1.82) is 5.26 Å². The van der Waals surface area contributed by atoms with Gasteiger partial charge in [0.05, 0.1) is 11.6 Å². The Bertz CT molecular complexity index is 1130. The van der Waals surface area contributed by atoms with Crippen molar-refractivity contribution < 1.29 is 0 Å². The van der Waals surface area contributed by atoms with Crippen LogP contribution < -0.4 is 0 Å². The summed E-state index contributed by atoms with van der Waals surface area (Å²) in [6.07, 6.45) is 5.36. The van der Waals surface area contributed by atoms with Gasteiger partial charge < -0.3 is 4.57 Å². The Morgan fingerprint density at radius 3 is 2.68 bits per heavy atom. The Hall–Kier alpha value is -3.38. The third-order valence-corrected chi connectivity index (χ3v) is 4.52. The molecule has 4 aromatic rings. The lowest BCUT2D eigenvalue weighted by atomic mass is 10.0. The van der Waals surface area contributed by atoms with Gasteiger partial charge in [0.2, 0.25) is 0 Å². The van der Waals surface area contributed by atoms with Crippen LogP contribution in [0.2, 0.25) is 0 Å². The summed E-state index contributed by atoms with van der Waals surface area (Å²) >= 11 is 0. The van der Waals surface area contributed by atoms with Crippen LogP contribution in [0.25, 0.3) is 33.5 Å². The molecule has 0 saturated heterocycles. The number of hydrogen-bond donors (Lipinski definition) is 0. The number of nitriles is 1. The molecule has 0 saturated carbocycles. The molecule has 3 heteroatoms. The summed E-state index contributed by atoms with van der Waals surface area (Å²) in [6.45, 7) is 3.09. The van der Waals surface area contributed by atoms with Crippen LogP contribution in [-0.2, 0) is 6.54 Å². The van der Waals surface area contributed by atoms with Crippen LogP contribution in [-0.4, -0.2) is 9.55 Å². The molecular formula is C22H17N3. The van der Waals surface area contributed by atoms with Gasteiger partial charge in [0.1, 0.15) is 0 Å². The van der Waals surface area contributed by atoms with E-state index in [1.54, 1.807) is 12.4 Å². The summed E-state index contributed by atoms with van der Waals surface area (Å²) in [5.74, 6) is 0. The second kappa shape index (κ2) is 6.26. The van der Waals surface area contributed by atoms with Gasteiger partial charge in [0.15, 0.2) is 0 Å². The average Bonchev–Trinajstić information content (AvgIpc) is 3.00. The number of benzene rings is 2.